The quantitative estimate of drug-likeness (QED) is 0.731. The smallest absolute Gasteiger partial charge is 0.324 e. The van der Waals surface area contributed by atoms with Gasteiger partial charge < -0.3 is 10.6 Å². The lowest BCUT2D eigenvalue weighted by Gasteiger charge is -2.14. The Morgan fingerprint density at radius 1 is 1.30 bits per heavy atom. The minimum atomic E-state index is -0.318. The zero-order valence-corrected chi connectivity index (χ0v) is 13.1. The second-order valence-electron chi connectivity index (χ2n) is 4.76. The van der Waals surface area contributed by atoms with Gasteiger partial charge in [-0.3, -0.25) is 9.52 Å². The summed E-state index contributed by atoms with van der Waals surface area (Å²) in [4.78, 5) is 22.8. The molecule has 0 heterocycles. The first kappa shape index (κ1) is 16.4. The number of hydrogen-bond acceptors (Lipinski definition) is 3. The predicted molar refractivity (Wildman–Crippen MR) is 83.9 cm³/mol. The second-order valence-corrected chi connectivity index (χ2v) is 5.54. The molecule has 0 fully saturated rings. The maximum absolute atomic E-state index is 11.9. The molecule has 0 aliphatic heterocycles. The van der Waals surface area contributed by atoms with Gasteiger partial charge in [-0.1, -0.05) is 26.0 Å². The van der Waals surface area contributed by atoms with Crippen LogP contribution in [0.1, 0.15) is 30.9 Å². The number of carbonyl (C=O) groups is 2. The van der Waals surface area contributed by atoms with Crippen molar-refractivity contribution in [2.75, 3.05) is 18.1 Å². The van der Waals surface area contributed by atoms with Gasteiger partial charge in [-0.05, 0) is 42.0 Å². The Hall–Kier alpha value is -1.69. The zero-order valence-electron chi connectivity index (χ0n) is 12.2. The van der Waals surface area contributed by atoms with Crippen molar-refractivity contribution in [3.8, 4) is 0 Å². The number of hydrogen-bond donors (Lipinski definition) is 3. The van der Waals surface area contributed by atoms with Gasteiger partial charge in [-0.15, -0.1) is 0 Å². The van der Waals surface area contributed by atoms with E-state index in [9.17, 15) is 9.59 Å². The van der Waals surface area contributed by atoms with Gasteiger partial charge in [0.25, 0.3) is 0 Å². The van der Waals surface area contributed by atoms with E-state index in [0.717, 1.165) is 28.8 Å². The van der Waals surface area contributed by atoms with E-state index in [2.05, 4.69) is 29.2 Å². The van der Waals surface area contributed by atoms with Crippen LogP contribution in [0.2, 0.25) is 0 Å². The SMILES string of the molecule is CNC(=O)NSCC(=O)Nc1cc(C)ccc1C(C)C. The van der Waals surface area contributed by atoms with Crippen molar-refractivity contribution in [1.29, 1.82) is 0 Å². The number of nitrogens with one attached hydrogen (secondary N) is 3. The highest BCUT2D eigenvalue weighted by molar-refractivity contribution is 7.98. The van der Waals surface area contributed by atoms with Crippen LogP contribution in [0, 0.1) is 6.92 Å². The van der Waals surface area contributed by atoms with Crippen LogP contribution >= 0.6 is 11.9 Å². The highest BCUT2D eigenvalue weighted by Crippen LogP contribution is 2.25. The van der Waals surface area contributed by atoms with Crippen LogP contribution in [0.3, 0.4) is 0 Å². The summed E-state index contributed by atoms with van der Waals surface area (Å²) in [5.74, 6) is 0.361. The normalized spacial score (nSPS) is 10.2. The van der Waals surface area contributed by atoms with E-state index in [0.29, 0.717) is 5.92 Å². The first-order valence-corrected chi connectivity index (χ1v) is 7.42. The molecule has 1 aromatic carbocycles. The average Bonchev–Trinajstić information content (AvgIpc) is 2.38. The summed E-state index contributed by atoms with van der Waals surface area (Å²) >= 11 is 1.06. The van der Waals surface area contributed by atoms with E-state index in [1.165, 1.54) is 7.05 Å². The third-order valence-electron chi connectivity index (χ3n) is 2.70. The first-order chi connectivity index (χ1) is 9.43. The highest BCUT2D eigenvalue weighted by atomic mass is 32.2. The van der Waals surface area contributed by atoms with Gasteiger partial charge in [0.2, 0.25) is 5.91 Å². The van der Waals surface area contributed by atoms with E-state index in [4.69, 9.17) is 0 Å². The Kier molecular flexibility index (Phi) is 6.38. The number of aryl methyl sites for hydroxylation is 1. The zero-order chi connectivity index (χ0) is 15.1. The monoisotopic (exact) mass is 295 g/mol. The number of amides is 3. The number of rotatable bonds is 5. The van der Waals surface area contributed by atoms with E-state index >= 15 is 0 Å². The fourth-order valence-electron chi connectivity index (χ4n) is 1.69. The minimum Gasteiger partial charge on any atom is -0.341 e. The van der Waals surface area contributed by atoms with Crippen LogP contribution in [-0.4, -0.2) is 24.7 Å². The van der Waals surface area contributed by atoms with E-state index in [1.54, 1.807) is 0 Å². The van der Waals surface area contributed by atoms with E-state index in [-0.39, 0.29) is 17.7 Å². The summed E-state index contributed by atoms with van der Waals surface area (Å²) < 4.78 is 2.50. The molecule has 0 aliphatic rings. The maximum atomic E-state index is 11.9. The average molecular weight is 295 g/mol. The lowest BCUT2D eigenvalue weighted by atomic mass is 9.99. The van der Waals surface area contributed by atoms with Crippen LogP contribution in [0.25, 0.3) is 0 Å². The fraction of sp³-hybridized carbons (Fsp3) is 0.429. The Bertz CT molecular complexity index is 489. The summed E-state index contributed by atoms with van der Waals surface area (Å²) in [5, 5.41) is 5.31. The number of benzene rings is 1. The highest BCUT2D eigenvalue weighted by Gasteiger charge is 2.10. The van der Waals surface area contributed by atoms with Crippen molar-refractivity contribution in [3.63, 3.8) is 0 Å². The van der Waals surface area contributed by atoms with Crippen LogP contribution < -0.4 is 15.4 Å². The number of anilines is 1. The van der Waals surface area contributed by atoms with E-state index in [1.807, 2.05) is 25.1 Å². The van der Waals surface area contributed by atoms with Gasteiger partial charge in [-0.25, -0.2) is 4.79 Å². The first-order valence-electron chi connectivity index (χ1n) is 6.44. The van der Waals surface area contributed by atoms with Crippen LogP contribution in [0.4, 0.5) is 10.5 Å². The summed E-state index contributed by atoms with van der Waals surface area (Å²) in [6.07, 6.45) is 0. The summed E-state index contributed by atoms with van der Waals surface area (Å²) in [6.45, 7) is 6.16. The molecule has 3 N–H and O–H groups in total. The Balaban J connectivity index is 2.61. The molecule has 110 valence electrons. The van der Waals surface area contributed by atoms with Gasteiger partial charge in [0.15, 0.2) is 0 Å². The molecular weight excluding hydrogens is 274 g/mol. The standard InChI is InChI=1S/C14H21N3O2S/c1-9(2)11-6-5-10(3)7-12(11)16-13(18)8-20-17-14(19)15-4/h5-7,9H,8H2,1-4H3,(H,16,18)(H2,15,17,19). The van der Waals surface area contributed by atoms with Crippen molar-refractivity contribution >= 4 is 29.6 Å². The van der Waals surface area contributed by atoms with Gasteiger partial charge in [-0.2, -0.15) is 0 Å². The molecule has 1 rings (SSSR count). The number of urea groups is 1. The number of carbonyl (C=O) groups excluding carboxylic acids is 2. The lowest BCUT2D eigenvalue weighted by molar-refractivity contribution is -0.113. The largest absolute Gasteiger partial charge is 0.341 e. The molecule has 0 atom stereocenters. The molecule has 1 aromatic rings. The molecule has 0 bridgehead atoms. The molecule has 20 heavy (non-hydrogen) atoms. The third kappa shape index (κ3) is 5.13. The molecule has 3 amide bonds. The second kappa shape index (κ2) is 7.79. The molecule has 0 unspecified atom stereocenters. The van der Waals surface area contributed by atoms with Crippen LogP contribution in [0.5, 0.6) is 0 Å². The lowest BCUT2D eigenvalue weighted by Crippen LogP contribution is -2.29. The molecule has 0 aromatic heterocycles. The molecule has 0 saturated heterocycles. The van der Waals surface area contributed by atoms with Crippen molar-refractivity contribution in [2.45, 2.75) is 26.7 Å². The molecule has 0 radical (unpaired) electrons. The summed E-state index contributed by atoms with van der Waals surface area (Å²) in [5.41, 5.74) is 3.04. The van der Waals surface area contributed by atoms with E-state index < -0.39 is 0 Å². The van der Waals surface area contributed by atoms with Crippen molar-refractivity contribution in [3.05, 3.63) is 29.3 Å². The van der Waals surface area contributed by atoms with Gasteiger partial charge in [0.1, 0.15) is 0 Å². The minimum absolute atomic E-state index is 0.140. The Morgan fingerprint density at radius 3 is 2.60 bits per heavy atom. The summed E-state index contributed by atoms with van der Waals surface area (Å²) in [7, 11) is 1.53. The van der Waals surface area contributed by atoms with Crippen LogP contribution in [-0.2, 0) is 4.79 Å². The maximum Gasteiger partial charge on any atom is 0.324 e. The molecule has 0 aliphatic carbocycles. The Labute approximate surface area is 124 Å². The molecule has 0 saturated carbocycles. The molecule has 0 spiro atoms. The fourth-order valence-corrected chi connectivity index (χ4v) is 2.19. The topological polar surface area (TPSA) is 70.2 Å². The van der Waals surface area contributed by atoms with Gasteiger partial charge in [0, 0.05) is 12.7 Å². The Morgan fingerprint density at radius 2 is 2.00 bits per heavy atom. The van der Waals surface area contributed by atoms with Crippen LogP contribution in [0.15, 0.2) is 18.2 Å². The van der Waals surface area contributed by atoms with Crippen molar-refractivity contribution < 1.29 is 9.59 Å². The molecular formula is C14H21N3O2S. The van der Waals surface area contributed by atoms with Crippen molar-refractivity contribution in [1.82, 2.24) is 10.0 Å². The molecule has 6 heteroatoms. The predicted octanol–water partition coefficient (Wildman–Crippen LogP) is 2.63. The summed E-state index contributed by atoms with van der Waals surface area (Å²) in [6, 6.07) is 5.71. The van der Waals surface area contributed by atoms with Gasteiger partial charge >= 0.3 is 6.03 Å². The van der Waals surface area contributed by atoms with Crippen molar-refractivity contribution in [2.24, 2.45) is 0 Å². The molecule has 5 nitrogen and oxygen atoms in total. The van der Waals surface area contributed by atoms with Gasteiger partial charge in [0.05, 0.1) is 5.75 Å². The third-order valence-corrected chi connectivity index (χ3v) is 3.44.